The minimum atomic E-state index is -2.74. The topological polar surface area (TPSA) is 181 Å². The summed E-state index contributed by atoms with van der Waals surface area (Å²) in [6, 6.07) is 2.88. The number of methoxy groups -OCH3 is 1. The standard InChI is InChI=1S/C40H49ClF2N6O8S/c1-8-19-15-39(19,35(52)53)48-33(50)27-13-21(16-49(27)34(51)32(38(4,5)6)47-37(54)57-20-11-23-24(12-20)40(23,42)43)56-29-14-25(26-17-58-36(46-26)44-18(2)3)45-31-22(29)9-10-28(55-7)30(31)41/h9-10,14,17-21,23-24,27,32H,8,11-13,15-16H2,1-7H3,(H,44,46)(H,47,54)(H,48,50)(H,52,53)/t19?,20?,21-,23-,24+,27+,32-,39-/m1/s1. The van der Waals surface area contributed by atoms with Gasteiger partial charge in [0.05, 0.1) is 24.9 Å². The van der Waals surface area contributed by atoms with Crippen molar-refractivity contribution in [2.75, 3.05) is 19.0 Å². The van der Waals surface area contributed by atoms with Gasteiger partial charge in [0.15, 0.2) is 5.13 Å². The Bertz CT molecular complexity index is 2120. The van der Waals surface area contributed by atoms with Crippen LogP contribution >= 0.6 is 22.9 Å². The Balaban J connectivity index is 1.19. The number of nitrogens with zero attached hydrogens (tertiary/aromatic N) is 3. The molecule has 58 heavy (non-hydrogen) atoms. The van der Waals surface area contributed by atoms with Crippen molar-refractivity contribution in [2.45, 2.75) is 115 Å². The second-order valence-corrected chi connectivity index (χ2v) is 18.4. The Morgan fingerprint density at radius 3 is 2.38 bits per heavy atom. The highest BCUT2D eigenvalue weighted by Gasteiger charge is 2.72. The van der Waals surface area contributed by atoms with E-state index in [1.165, 1.54) is 23.3 Å². The zero-order valence-electron chi connectivity index (χ0n) is 33.4. The number of carbonyl (C=O) groups is 4. The van der Waals surface area contributed by atoms with Crippen LogP contribution in [0.3, 0.4) is 0 Å². The molecule has 0 spiro atoms. The molecule has 314 valence electrons. The number of carboxylic acid groups (broad SMARTS) is 1. The maximum absolute atomic E-state index is 14.7. The summed E-state index contributed by atoms with van der Waals surface area (Å²) in [5, 5.41) is 22.1. The van der Waals surface area contributed by atoms with Crippen molar-refractivity contribution >= 4 is 62.8 Å². The van der Waals surface area contributed by atoms with E-state index in [1.54, 1.807) is 39.0 Å². The average molecular weight is 847 g/mol. The van der Waals surface area contributed by atoms with Crippen LogP contribution < -0.4 is 25.4 Å². The molecular formula is C40H49ClF2N6O8S. The van der Waals surface area contributed by atoms with E-state index >= 15 is 0 Å². The number of aliphatic carboxylic acids is 1. The van der Waals surface area contributed by atoms with Crippen molar-refractivity contribution in [1.82, 2.24) is 25.5 Å². The van der Waals surface area contributed by atoms with Crippen LogP contribution in [0, 0.1) is 23.2 Å². The minimum absolute atomic E-state index is 0.0212. The van der Waals surface area contributed by atoms with Crippen molar-refractivity contribution in [3.8, 4) is 22.9 Å². The molecule has 4 aliphatic rings. The van der Waals surface area contributed by atoms with E-state index in [1.807, 2.05) is 26.2 Å². The number of hydrogen-bond acceptors (Lipinski definition) is 11. The molecule has 7 rings (SSSR count). The molecule has 1 aromatic carbocycles. The lowest BCUT2D eigenvalue weighted by atomic mass is 9.85. The van der Waals surface area contributed by atoms with Gasteiger partial charge in [-0.1, -0.05) is 45.7 Å². The zero-order valence-corrected chi connectivity index (χ0v) is 34.9. The van der Waals surface area contributed by atoms with Crippen molar-refractivity contribution in [1.29, 1.82) is 0 Å². The number of halogens is 3. The fourth-order valence-electron chi connectivity index (χ4n) is 8.43. The van der Waals surface area contributed by atoms with Crippen LogP contribution in [0.4, 0.5) is 18.7 Å². The number of carboxylic acids is 1. The molecular weight excluding hydrogens is 798 g/mol. The maximum atomic E-state index is 14.7. The first-order valence-electron chi connectivity index (χ1n) is 19.5. The van der Waals surface area contributed by atoms with E-state index in [-0.39, 0.29) is 49.2 Å². The normalized spacial score (nSPS) is 27.5. The van der Waals surface area contributed by atoms with Gasteiger partial charge in [0.25, 0.3) is 5.92 Å². The highest BCUT2D eigenvalue weighted by atomic mass is 35.5. The number of alkyl carbamates (subject to hydrolysis) is 1. The first kappa shape index (κ1) is 41.6. The molecule has 4 N–H and O–H groups in total. The van der Waals surface area contributed by atoms with E-state index in [0.29, 0.717) is 45.3 Å². The number of carbonyl (C=O) groups excluding carboxylic acids is 3. The number of thiazole rings is 1. The molecule has 3 saturated carbocycles. The second kappa shape index (κ2) is 15.3. The lowest BCUT2D eigenvalue weighted by Crippen LogP contribution is -2.59. The molecule has 18 heteroatoms. The first-order chi connectivity index (χ1) is 27.3. The molecule has 8 atom stereocenters. The molecule has 3 aromatic rings. The van der Waals surface area contributed by atoms with Crippen LogP contribution in [-0.4, -0.2) is 99.3 Å². The SMILES string of the molecule is CCC1C[C@]1(NC(=O)[C@@H]1C[C@@H](Oc2cc(-c3csc(NC(C)C)n3)nc3c(Cl)c(OC)ccc23)CN1C(=O)[C@@H](NC(=O)OC1C[C@@H]2[C@H](C1)C2(F)F)C(C)(C)C)C(=O)O. The summed E-state index contributed by atoms with van der Waals surface area (Å²) in [6.45, 7) is 10.9. The van der Waals surface area contributed by atoms with Gasteiger partial charge >= 0.3 is 12.1 Å². The summed E-state index contributed by atoms with van der Waals surface area (Å²) >= 11 is 8.21. The van der Waals surface area contributed by atoms with Gasteiger partial charge < -0.3 is 40.2 Å². The highest BCUT2D eigenvalue weighted by molar-refractivity contribution is 7.14. The van der Waals surface area contributed by atoms with Crippen LogP contribution in [0.1, 0.15) is 73.6 Å². The van der Waals surface area contributed by atoms with Crippen LogP contribution in [0.2, 0.25) is 5.02 Å². The lowest BCUT2D eigenvalue weighted by molar-refractivity contribution is -0.146. The van der Waals surface area contributed by atoms with Gasteiger partial charge in [0.1, 0.15) is 52.0 Å². The molecule has 3 heterocycles. The van der Waals surface area contributed by atoms with E-state index in [9.17, 15) is 33.1 Å². The Morgan fingerprint density at radius 2 is 1.78 bits per heavy atom. The van der Waals surface area contributed by atoms with E-state index < -0.39 is 76.9 Å². The van der Waals surface area contributed by atoms with Crippen LogP contribution in [0.15, 0.2) is 23.6 Å². The number of anilines is 1. The molecule has 1 saturated heterocycles. The summed E-state index contributed by atoms with van der Waals surface area (Å²) in [6.07, 6.45) is -1.59. The Morgan fingerprint density at radius 1 is 1.07 bits per heavy atom. The lowest BCUT2D eigenvalue weighted by Gasteiger charge is -2.35. The van der Waals surface area contributed by atoms with Crippen molar-refractivity contribution in [3.63, 3.8) is 0 Å². The summed E-state index contributed by atoms with van der Waals surface area (Å²) in [5.41, 5.74) is -0.987. The molecule has 3 aliphatic carbocycles. The third-order valence-electron chi connectivity index (χ3n) is 11.8. The number of alkyl halides is 2. The number of ether oxygens (including phenoxy) is 3. The summed E-state index contributed by atoms with van der Waals surface area (Å²) in [5.74, 6) is -6.36. The summed E-state index contributed by atoms with van der Waals surface area (Å²) in [4.78, 5) is 65.3. The Labute approximate surface area is 343 Å². The number of pyridine rings is 1. The first-order valence-corrected chi connectivity index (χ1v) is 20.8. The fourth-order valence-corrected chi connectivity index (χ4v) is 9.56. The van der Waals surface area contributed by atoms with Crippen LogP contribution in [-0.2, 0) is 19.1 Å². The quantitative estimate of drug-likeness (QED) is 0.143. The fraction of sp³-hybridized carbons (Fsp3) is 0.600. The number of hydrogen-bond donors (Lipinski definition) is 4. The van der Waals surface area contributed by atoms with Gasteiger partial charge in [-0.3, -0.25) is 9.59 Å². The number of rotatable bonds is 13. The molecule has 0 bridgehead atoms. The van der Waals surface area contributed by atoms with Crippen molar-refractivity contribution in [3.05, 3.63) is 28.6 Å². The average Bonchev–Trinajstić information content (AvgIpc) is 3.58. The van der Waals surface area contributed by atoms with Gasteiger partial charge in [-0.2, -0.15) is 0 Å². The maximum Gasteiger partial charge on any atom is 0.408 e. The minimum Gasteiger partial charge on any atom is -0.495 e. The summed E-state index contributed by atoms with van der Waals surface area (Å²) in [7, 11) is 1.49. The van der Waals surface area contributed by atoms with E-state index in [0.717, 1.165) is 0 Å². The Hall–Kier alpha value is -4.51. The van der Waals surface area contributed by atoms with Gasteiger partial charge in [0.2, 0.25) is 11.8 Å². The summed E-state index contributed by atoms with van der Waals surface area (Å²) < 4.78 is 45.3. The highest BCUT2D eigenvalue weighted by Crippen LogP contribution is 2.64. The van der Waals surface area contributed by atoms with E-state index in [4.69, 9.17) is 35.8 Å². The number of nitrogens with one attached hydrogen (secondary N) is 3. The molecule has 3 amide bonds. The molecule has 2 aromatic heterocycles. The van der Waals surface area contributed by atoms with E-state index in [2.05, 4.69) is 16.0 Å². The van der Waals surface area contributed by atoms with Gasteiger partial charge in [-0.05, 0) is 56.6 Å². The molecule has 2 unspecified atom stereocenters. The number of amides is 3. The monoisotopic (exact) mass is 846 g/mol. The number of benzene rings is 1. The predicted molar refractivity (Wildman–Crippen MR) is 212 cm³/mol. The van der Waals surface area contributed by atoms with Crippen LogP contribution in [0.25, 0.3) is 22.3 Å². The number of likely N-dealkylation sites (tertiary alicyclic amines) is 1. The van der Waals surface area contributed by atoms with Crippen molar-refractivity contribution < 1.29 is 47.3 Å². The second-order valence-electron chi connectivity index (χ2n) is 17.2. The number of aromatic nitrogens is 2. The Kier molecular flexibility index (Phi) is 11.0. The predicted octanol–water partition coefficient (Wildman–Crippen LogP) is 6.74. The number of fused-ring (bicyclic) bond motifs is 2. The molecule has 1 aliphatic heterocycles. The van der Waals surface area contributed by atoms with Gasteiger partial charge in [0, 0.05) is 41.1 Å². The molecule has 0 radical (unpaired) electrons. The van der Waals surface area contributed by atoms with Gasteiger partial charge in [-0.15, -0.1) is 11.3 Å². The largest absolute Gasteiger partial charge is 0.495 e. The van der Waals surface area contributed by atoms with Gasteiger partial charge in [-0.25, -0.2) is 28.3 Å². The zero-order chi connectivity index (χ0) is 42.1. The van der Waals surface area contributed by atoms with Crippen LogP contribution in [0.5, 0.6) is 11.5 Å². The molecule has 14 nitrogen and oxygen atoms in total. The van der Waals surface area contributed by atoms with Crippen molar-refractivity contribution in [2.24, 2.45) is 23.2 Å². The smallest absolute Gasteiger partial charge is 0.408 e. The third kappa shape index (κ3) is 7.83. The molecule has 4 fully saturated rings. The third-order valence-corrected chi connectivity index (χ3v) is 12.9.